The van der Waals surface area contributed by atoms with E-state index >= 15 is 0 Å². The molecule has 0 N–H and O–H groups in total. The van der Waals surface area contributed by atoms with E-state index in [0.29, 0.717) is 0 Å². The molecule has 0 spiro atoms. The van der Waals surface area contributed by atoms with Gasteiger partial charge in [-0.2, -0.15) is 0 Å². The van der Waals surface area contributed by atoms with Gasteiger partial charge in [-0.3, -0.25) is 4.79 Å². The highest BCUT2D eigenvalue weighted by molar-refractivity contribution is 6.05. The topological polar surface area (TPSA) is 17.1 Å². The average molecular weight is 188 g/mol. The minimum absolute atomic E-state index is 0.105. The lowest BCUT2D eigenvalue weighted by molar-refractivity contribution is 0.104. The second kappa shape index (κ2) is 4.75. The number of benzene rings is 1. The molecule has 1 aromatic rings. The standard InChI is InChI=1S/C13H16O/c1-4-5-6-13(14)12-9-10(2)7-8-11(12)3/h5-9H,4H2,1-3H3/b6-5+. The molecular weight excluding hydrogens is 172 g/mol. The fraction of sp³-hybridized carbons (Fsp3) is 0.308. The Morgan fingerprint density at radius 3 is 2.71 bits per heavy atom. The molecule has 74 valence electrons. The molecule has 0 radical (unpaired) electrons. The zero-order valence-corrected chi connectivity index (χ0v) is 9.00. The Kier molecular flexibility index (Phi) is 3.63. The Morgan fingerprint density at radius 1 is 1.36 bits per heavy atom. The van der Waals surface area contributed by atoms with Gasteiger partial charge >= 0.3 is 0 Å². The summed E-state index contributed by atoms with van der Waals surface area (Å²) in [6, 6.07) is 5.95. The van der Waals surface area contributed by atoms with Crippen molar-refractivity contribution in [2.45, 2.75) is 27.2 Å². The van der Waals surface area contributed by atoms with Crippen LogP contribution in [0, 0.1) is 13.8 Å². The van der Waals surface area contributed by atoms with E-state index in [2.05, 4.69) is 0 Å². The molecule has 0 aromatic heterocycles. The summed E-state index contributed by atoms with van der Waals surface area (Å²) in [5, 5.41) is 0. The minimum Gasteiger partial charge on any atom is -0.289 e. The highest BCUT2D eigenvalue weighted by atomic mass is 16.1. The van der Waals surface area contributed by atoms with E-state index in [1.165, 1.54) is 0 Å². The molecule has 0 atom stereocenters. The zero-order chi connectivity index (χ0) is 10.6. The molecule has 0 bridgehead atoms. The number of aryl methyl sites for hydroxylation is 2. The van der Waals surface area contributed by atoms with E-state index in [1.54, 1.807) is 6.08 Å². The fourth-order valence-corrected chi connectivity index (χ4v) is 1.32. The molecule has 1 heteroatoms. The van der Waals surface area contributed by atoms with E-state index in [-0.39, 0.29) is 5.78 Å². The van der Waals surface area contributed by atoms with Gasteiger partial charge in [0.05, 0.1) is 0 Å². The molecule has 1 nitrogen and oxygen atoms in total. The molecule has 0 heterocycles. The normalized spacial score (nSPS) is 10.8. The van der Waals surface area contributed by atoms with Crippen LogP contribution in [0.15, 0.2) is 30.4 Å². The van der Waals surface area contributed by atoms with Crippen molar-refractivity contribution in [3.8, 4) is 0 Å². The Hall–Kier alpha value is -1.37. The van der Waals surface area contributed by atoms with Crippen molar-refractivity contribution in [2.24, 2.45) is 0 Å². The SMILES string of the molecule is CC/C=C/C(=O)c1cc(C)ccc1C. The second-order valence-corrected chi connectivity index (χ2v) is 3.49. The Balaban J connectivity index is 3.00. The molecule has 0 saturated carbocycles. The van der Waals surface area contributed by atoms with Gasteiger partial charge in [0.25, 0.3) is 0 Å². The van der Waals surface area contributed by atoms with Crippen LogP contribution in [0.3, 0.4) is 0 Å². The van der Waals surface area contributed by atoms with Crippen LogP contribution in [0.1, 0.15) is 34.8 Å². The van der Waals surface area contributed by atoms with Gasteiger partial charge < -0.3 is 0 Å². The number of allylic oxidation sites excluding steroid dienone is 2. The lowest BCUT2D eigenvalue weighted by Gasteiger charge is -2.02. The van der Waals surface area contributed by atoms with Crippen LogP contribution in [0.2, 0.25) is 0 Å². The first-order chi connectivity index (χ1) is 6.65. The lowest BCUT2D eigenvalue weighted by Crippen LogP contribution is -1.98. The van der Waals surface area contributed by atoms with E-state index in [0.717, 1.165) is 23.1 Å². The van der Waals surface area contributed by atoms with E-state index in [1.807, 2.05) is 45.0 Å². The van der Waals surface area contributed by atoms with Crippen LogP contribution in [-0.2, 0) is 0 Å². The van der Waals surface area contributed by atoms with E-state index in [9.17, 15) is 4.79 Å². The molecule has 0 aliphatic carbocycles. The Labute approximate surface area is 85.5 Å². The number of ketones is 1. The minimum atomic E-state index is 0.105. The molecule has 1 rings (SSSR count). The third-order valence-electron chi connectivity index (χ3n) is 2.16. The van der Waals surface area contributed by atoms with Crippen molar-refractivity contribution in [1.82, 2.24) is 0 Å². The average Bonchev–Trinajstić information content (AvgIpc) is 2.18. The van der Waals surface area contributed by atoms with Crippen LogP contribution in [0.25, 0.3) is 0 Å². The summed E-state index contributed by atoms with van der Waals surface area (Å²) in [6.07, 6.45) is 4.45. The molecule has 0 amide bonds. The van der Waals surface area contributed by atoms with Gasteiger partial charge in [0.1, 0.15) is 0 Å². The van der Waals surface area contributed by atoms with Crippen LogP contribution < -0.4 is 0 Å². The first kappa shape index (κ1) is 10.7. The van der Waals surface area contributed by atoms with Crippen molar-refractivity contribution in [3.63, 3.8) is 0 Å². The third kappa shape index (κ3) is 2.56. The predicted octanol–water partition coefficient (Wildman–Crippen LogP) is 3.45. The van der Waals surface area contributed by atoms with Crippen LogP contribution in [0.4, 0.5) is 0 Å². The van der Waals surface area contributed by atoms with Crippen molar-refractivity contribution >= 4 is 5.78 Å². The van der Waals surface area contributed by atoms with Gasteiger partial charge in [-0.1, -0.05) is 30.7 Å². The third-order valence-corrected chi connectivity index (χ3v) is 2.16. The lowest BCUT2D eigenvalue weighted by atomic mass is 10.0. The molecule has 0 aliphatic heterocycles. The summed E-state index contributed by atoms with van der Waals surface area (Å²) < 4.78 is 0. The predicted molar refractivity (Wildman–Crippen MR) is 59.7 cm³/mol. The fourth-order valence-electron chi connectivity index (χ4n) is 1.32. The van der Waals surface area contributed by atoms with Gasteiger partial charge in [0.15, 0.2) is 5.78 Å². The van der Waals surface area contributed by atoms with Crippen LogP contribution in [0.5, 0.6) is 0 Å². The molecular formula is C13H16O. The number of rotatable bonds is 3. The van der Waals surface area contributed by atoms with Gasteiger partial charge in [0.2, 0.25) is 0 Å². The summed E-state index contributed by atoms with van der Waals surface area (Å²) in [4.78, 5) is 11.7. The molecule has 14 heavy (non-hydrogen) atoms. The summed E-state index contributed by atoms with van der Waals surface area (Å²) in [5.74, 6) is 0.105. The summed E-state index contributed by atoms with van der Waals surface area (Å²) in [7, 11) is 0. The Morgan fingerprint density at radius 2 is 2.07 bits per heavy atom. The second-order valence-electron chi connectivity index (χ2n) is 3.49. The Bertz CT molecular complexity index is 361. The molecule has 0 unspecified atom stereocenters. The van der Waals surface area contributed by atoms with Crippen molar-refractivity contribution in [2.75, 3.05) is 0 Å². The van der Waals surface area contributed by atoms with Crippen molar-refractivity contribution in [3.05, 3.63) is 47.0 Å². The summed E-state index contributed by atoms with van der Waals surface area (Å²) in [6.45, 7) is 5.99. The van der Waals surface area contributed by atoms with Crippen molar-refractivity contribution in [1.29, 1.82) is 0 Å². The molecule has 1 aromatic carbocycles. The highest BCUT2D eigenvalue weighted by Crippen LogP contribution is 2.11. The largest absolute Gasteiger partial charge is 0.289 e. The number of carbonyl (C=O) groups excluding carboxylic acids is 1. The zero-order valence-electron chi connectivity index (χ0n) is 9.00. The maximum atomic E-state index is 11.7. The highest BCUT2D eigenvalue weighted by Gasteiger charge is 2.04. The number of hydrogen-bond acceptors (Lipinski definition) is 1. The van der Waals surface area contributed by atoms with Gasteiger partial charge in [0, 0.05) is 5.56 Å². The quantitative estimate of drug-likeness (QED) is 0.524. The number of hydrogen-bond donors (Lipinski definition) is 0. The summed E-state index contributed by atoms with van der Waals surface area (Å²) in [5.41, 5.74) is 2.99. The van der Waals surface area contributed by atoms with Gasteiger partial charge in [-0.05, 0) is 38.0 Å². The maximum Gasteiger partial charge on any atom is 0.185 e. The van der Waals surface area contributed by atoms with Gasteiger partial charge in [-0.15, -0.1) is 0 Å². The van der Waals surface area contributed by atoms with Crippen LogP contribution >= 0.6 is 0 Å². The monoisotopic (exact) mass is 188 g/mol. The first-order valence-electron chi connectivity index (χ1n) is 4.93. The smallest absolute Gasteiger partial charge is 0.185 e. The number of carbonyl (C=O) groups is 1. The van der Waals surface area contributed by atoms with Crippen molar-refractivity contribution < 1.29 is 4.79 Å². The molecule has 0 fully saturated rings. The first-order valence-corrected chi connectivity index (χ1v) is 4.93. The van der Waals surface area contributed by atoms with E-state index in [4.69, 9.17) is 0 Å². The summed E-state index contributed by atoms with van der Waals surface area (Å²) >= 11 is 0. The van der Waals surface area contributed by atoms with Gasteiger partial charge in [-0.25, -0.2) is 0 Å². The molecule has 0 saturated heterocycles. The maximum absolute atomic E-state index is 11.7. The van der Waals surface area contributed by atoms with Crippen LogP contribution in [-0.4, -0.2) is 5.78 Å². The van der Waals surface area contributed by atoms with E-state index < -0.39 is 0 Å². The molecule has 0 aliphatic rings.